The number of hydrogen-bond donors (Lipinski definition) is 1. The molecule has 1 aliphatic rings. The first-order valence-corrected chi connectivity index (χ1v) is 8.06. The van der Waals surface area contributed by atoms with E-state index < -0.39 is 0 Å². The molecular formula is C19H25N. The lowest BCUT2D eigenvalue weighted by Crippen LogP contribution is -2.31. The molecule has 1 heteroatoms. The SMILES string of the molecule is CCNC(CCC1CC1)Cc1ccc2ccccc2c1. The number of hydrogen-bond acceptors (Lipinski definition) is 1. The quantitative estimate of drug-likeness (QED) is 0.776. The van der Waals surface area contributed by atoms with Gasteiger partial charge in [0, 0.05) is 6.04 Å². The molecular weight excluding hydrogens is 242 g/mol. The van der Waals surface area contributed by atoms with Gasteiger partial charge in [-0.1, -0.05) is 62.2 Å². The Morgan fingerprint density at radius 2 is 1.90 bits per heavy atom. The highest BCUT2D eigenvalue weighted by Crippen LogP contribution is 2.34. The summed E-state index contributed by atoms with van der Waals surface area (Å²) in [7, 11) is 0. The zero-order chi connectivity index (χ0) is 13.8. The van der Waals surface area contributed by atoms with Gasteiger partial charge >= 0.3 is 0 Å². The Kier molecular flexibility index (Phi) is 4.37. The van der Waals surface area contributed by atoms with E-state index in [1.165, 1.54) is 42.0 Å². The Labute approximate surface area is 122 Å². The van der Waals surface area contributed by atoms with Gasteiger partial charge in [-0.15, -0.1) is 0 Å². The van der Waals surface area contributed by atoms with Crippen molar-refractivity contribution in [3.63, 3.8) is 0 Å². The first kappa shape index (κ1) is 13.6. The van der Waals surface area contributed by atoms with E-state index in [-0.39, 0.29) is 0 Å². The molecule has 3 rings (SSSR count). The molecule has 1 unspecified atom stereocenters. The van der Waals surface area contributed by atoms with Gasteiger partial charge in [-0.25, -0.2) is 0 Å². The molecule has 0 amide bonds. The number of rotatable bonds is 7. The second kappa shape index (κ2) is 6.41. The molecule has 1 atom stereocenters. The van der Waals surface area contributed by atoms with Crippen LogP contribution in [0.2, 0.25) is 0 Å². The Bertz CT molecular complexity index is 556. The summed E-state index contributed by atoms with van der Waals surface area (Å²) in [6.45, 7) is 3.29. The van der Waals surface area contributed by atoms with Crippen molar-refractivity contribution in [1.82, 2.24) is 5.32 Å². The average Bonchev–Trinajstić information content (AvgIpc) is 3.29. The van der Waals surface area contributed by atoms with E-state index in [0.29, 0.717) is 6.04 Å². The smallest absolute Gasteiger partial charge is 0.0107 e. The third-order valence-electron chi connectivity index (χ3n) is 4.41. The van der Waals surface area contributed by atoms with Crippen LogP contribution in [0.4, 0.5) is 0 Å². The topological polar surface area (TPSA) is 12.0 Å². The second-order valence-electron chi connectivity index (χ2n) is 6.16. The van der Waals surface area contributed by atoms with Crippen molar-refractivity contribution in [3.05, 3.63) is 48.0 Å². The van der Waals surface area contributed by atoms with Crippen molar-refractivity contribution in [2.24, 2.45) is 5.92 Å². The molecule has 0 aromatic heterocycles. The third-order valence-corrected chi connectivity index (χ3v) is 4.41. The molecule has 2 aromatic rings. The van der Waals surface area contributed by atoms with Crippen LogP contribution in [-0.4, -0.2) is 12.6 Å². The lowest BCUT2D eigenvalue weighted by molar-refractivity contribution is 0.462. The van der Waals surface area contributed by atoms with Crippen molar-refractivity contribution in [2.45, 2.75) is 45.1 Å². The standard InChI is InChI=1S/C19H25N/c1-2-20-19(12-10-15-7-8-15)14-16-9-11-17-5-3-4-6-18(17)13-16/h3-6,9,11,13,15,19-20H,2,7-8,10,12,14H2,1H3. The van der Waals surface area contributed by atoms with Crippen LogP contribution in [-0.2, 0) is 6.42 Å². The fourth-order valence-electron chi connectivity index (χ4n) is 3.06. The third kappa shape index (κ3) is 3.61. The van der Waals surface area contributed by atoms with Gasteiger partial charge in [-0.3, -0.25) is 0 Å². The fourth-order valence-corrected chi connectivity index (χ4v) is 3.06. The van der Waals surface area contributed by atoms with Crippen molar-refractivity contribution >= 4 is 10.8 Å². The van der Waals surface area contributed by atoms with Gasteiger partial charge in [0.25, 0.3) is 0 Å². The average molecular weight is 267 g/mol. The molecule has 1 fully saturated rings. The zero-order valence-corrected chi connectivity index (χ0v) is 12.4. The highest BCUT2D eigenvalue weighted by atomic mass is 14.9. The summed E-state index contributed by atoms with van der Waals surface area (Å²) < 4.78 is 0. The van der Waals surface area contributed by atoms with Crippen LogP contribution in [0.1, 0.15) is 38.2 Å². The summed E-state index contributed by atoms with van der Waals surface area (Å²) in [5.41, 5.74) is 1.46. The van der Waals surface area contributed by atoms with Crippen LogP contribution in [0.5, 0.6) is 0 Å². The summed E-state index contributed by atoms with van der Waals surface area (Å²) >= 11 is 0. The Morgan fingerprint density at radius 3 is 2.65 bits per heavy atom. The molecule has 20 heavy (non-hydrogen) atoms. The minimum atomic E-state index is 0.641. The Morgan fingerprint density at radius 1 is 1.10 bits per heavy atom. The summed E-state index contributed by atoms with van der Waals surface area (Å²) in [6, 6.07) is 16.2. The van der Waals surface area contributed by atoms with Crippen LogP contribution in [0.3, 0.4) is 0 Å². The van der Waals surface area contributed by atoms with E-state index >= 15 is 0 Å². The van der Waals surface area contributed by atoms with E-state index in [2.05, 4.69) is 54.7 Å². The first-order valence-electron chi connectivity index (χ1n) is 8.06. The first-order chi connectivity index (χ1) is 9.85. The molecule has 1 saturated carbocycles. The maximum absolute atomic E-state index is 3.66. The Balaban J connectivity index is 1.67. The predicted molar refractivity (Wildman–Crippen MR) is 87.1 cm³/mol. The monoisotopic (exact) mass is 267 g/mol. The fraction of sp³-hybridized carbons (Fsp3) is 0.474. The minimum Gasteiger partial charge on any atom is -0.314 e. The van der Waals surface area contributed by atoms with Crippen LogP contribution < -0.4 is 5.32 Å². The highest BCUT2D eigenvalue weighted by molar-refractivity contribution is 5.82. The van der Waals surface area contributed by atoms with Crippen molar-refractivity contribution in [2.75, 3.05) is 6.54 Å². The molecule has 0 aliphatic heterocycles. The van der Waals surface area contributed by atoms with Crippen LogP contribution in [0.25, 0.3) is 10.8 Å². The molecule has 1 nitrogen and oxygen atoms in total. The summed E-state index contributed by atoms with van der Waals surface area (Å²) in [5, 5.41) is 6.37. The molecule has 0 radical (unpaired) electrons. The second-order valence-corrected chi connectivity index (χ2v) is 6.16. The van der Waals surface area contributed by atoms with E-state index in [9.17, 15) is 0 Å². The number of benzene rings is 2. The molecule has 2 aromatic carbocycles. The van der Waals surface area contributed by atoms with Gasteiger partial charge < -0.3 is 5.32 Å². The van der Waals surface area contributed by atoms with E-state index in [4.69, 9.17) is 0 Å². The van der Waals surface area contributed by atoms with E-state index in [1.54, 1.807) is 0 Å². The largest absolute Gasteiger partial charge is 0.314 e. The van der Waals surface area contributed by atoms with Crippen LogP contribution >= 0.6 is 0 Å². The van der Waals surface area contributed by atoms with Gasteiger partial charge in [0.15, 0.2) is 0 Å². The van der Waals surface area contributed by atoms with Gasteiger partial charge in [0.2, 0.25) is 0 Å². The molecule has 1 aliphatic carbocycles. The summed E-state index contributed by atoms with van der Waals surface area (Å²) in [5.74, 6) is 1.03. The highest BCUT2D eigenvalue weighted by Gasteiger charge is 2.22. The summed E-state index contributed by atoms with van der Waals surface area (Å²) in [6.07, 6.45) is 6.83. The maximum atomic E-state index is 3.66. The number of likely N-dealkylation sites (N-methyl/N-ethyl adjacent to an activating group) is 1. The molecule has 0 heterocycles. The minimum absolute atomic E-state index is 0.641. The zero-order valence-electron chi connectivity index (χ0n) is 12.4. The maximum Gasteiger partial charge on any atom is 0.0107 e. The van der Waals surface area contributed by atoms with Gasteiger partial charge in [-0.2, -0.15) is 0 Å². The van der Waals surface area contributed by atoms with Crippen molar-refractivity contribution in [1.29, 1.82) is 0 Å². The van der Waals surface area contributed by atoms with Gasteiger partial charge in [-0.05, 0) is 48.1 Å². The van der Waals surface area contributed by atoms with Gasteiger partial charge in [0.1, 0.15) is 0 Å². The van der Waals surface area contributed by atoms with Crippen molar-refractivity contribution in [3.8, 4) is 0 Å². The molecule has 106 valence electrons. The number of fused-ring (bicyclic) bond motifs is 1. The molecule has 0 bridgehead atoms. The van der Waals surface area contributed by atoms with E-state index in [0.717, 1.165) is 18.9 Å². The lowest BCUT2D eigenvalue weighted by atomic mass is 9.98. The molecule has 0 spiro atoms. The van der Waals surface area contributed by atoms with Crippen LogP contribution in [0.15, 0.2) is 42.5 Å². The predicted octanol–water partition coefficient (Wildman–Crippen LogP) is 4.55. The van der Waals surface area contributed by atoms with E-state index in [1.807, 2.05) is 0 Å². The molecule has 1 N–H and O–H groups in total. The lowest BCUT2D eigenvalue weighted by Gasteiger charge is -2.18. The van der Waals surface area contributed by atoms with Gasteiger partial charge in [0.05, 0.1) is 0 Å². The summed E-state index contributed by atoms with van der Waals surface area (Å²) in [4.78, 5) is 0. The van der Waals surface area contributed by atoms with Crippen LogP contribution in [0, 0.1) is 5.92 Å². The molecule has 0 saturated heterocycles. The number of nitrogens with one attached hydrogen (secondary N) is 1. The van der Waals surface area contributed by atoms with Crippen molar-refractivity contribution < 1.29 is 0 Å². The Hall–Kier alpha value is -1.34. The normalized spacial score (nSPS) is 16.4.